The van der Waals surface area contributed by atoms with Crippen LogP contribution in [-0.4, -0.2) is 15.0 Å². The molecule has 49 heavy (non-hydrogen) atoms. The summed E-state index contributed by atoms with van der Waals surface area (Å²) in [6.07, 6.45) is 0. The summed E-state index contributed by atoms with van der Waals surface area (Å²) in [6.45, 7) is 9.71. The minimum Gasteiger partial charge on any atom is -0.208 e. The molecule has 0 radical (unpaired) electrons. The van der Waals surface area contributed by atoms with Gasteiger partial charge in [-0.1, -0.05) is 155 Å². The second kappa shape index (κ2) is 11.0. The van der Waals surface area contributed by atoms with E-state index in [4.69, 9.17) is 15.0 Å². The molecule has 0 saturated carbocycles. The molecule has 9 rings (SSSR count). The first-order chi connectivity index (χ1) is 23.8. The molecule has 0 bridgehead atoms. The number of rotatable bonds is 4. The van der Waals surface area contributed by atoms with Gasteiger partial charge in [-0.25, -0.2) is 15.0 Å². The Hall–Kier alpha value is -5.45. The highest BCUT2D eigenvalue weighted by molar-refractivity contribution is 7.26. The van der Waals surface area contributed by atoms with Crippen molar-refractivity contribution in [1.82, 2.24) is 15.0 Å². The minimum atomic E-state index is -0.0949. The van der Waals surface area contributed by atoms with Gasteiger partial charge < -0.3 is 0 Å². The largest absolute Gasteiger partial charge is 0.208 e. The Kier molecular flexibility index (Phi) is 6.69. The zero-order chi connectivity index (χ0) is 33.3. The zero-order valence-electron chi connectivity index (χ0n) is 28.0. The molecule has 8 aromatic rings. The maximum absolute atomic E-state index is 4.93. The van der Waals surface area contributed by atoms with Gasteiger partial charge in [-0.3, -0.25) is 0 Å². The van der Waals surface area contributed by atoms with E-state index in [9.17, 15) is 0 Å². The molecule has 0 unspecified atom stereocenters. The van der Waals surface area contributed by atoms with Crippen LogP contribution >= 0.6 is 11.3 Å². The molecule has 0 N–H and O–H groups in total. The normalized spacial score (nSPS) is 14.4. The molecule has 0 fully saturated rings. The molecule has 0 saturated heterocycles. The number of aromatic nitrogens is 3. The monoisotopic (exact) mass is 649 g/mol. The molecule has 0 amide bonds. The van der Waals surface area contributed by atoms with Gasteiger partial charge in [0.25, 0.3) is 0 Å². The Morgan fingerprint density at radius 3 is 1.57 bits per heavy atom. The van der Waals surface area contributed by atoms with Crippen LogP contribution in [0.5, 0.6) is 0 Å². The van der Waals surface area contributed by atoms with Crippen molar-refractivity contribution in [1.29, 1.82) is 0 Å². The van der Waals surface area contributed by atoms with Crippen LogP contribution < -0.4 is 0 Å². The Morgan fingerprint density at radius 1 is 0.429 bits per heavy atom. The van der Waals surface area contributed by atoms with E-state index in [0.717, 1.165) is 16.7 Å². The number of thiophene rings is 1. The lowest BCUT2D eigenvalue weighted by Crippen LogP contribution is -2.43. The van der Waals surface area contributed by atoms with E-state index in [0.29, 0.717) is 17.5 Å². The van der Waals surface area contributed by atoms with Gasteiger partial charge in [0.15, 0.2) is 17.5 Å². The quantitative estimate of drug-likeness (QED) is 0.190. The topological polar surface area (TPSA) is 38.7 Å². The molecule has 4 heteroatoms. The number of benzene rings is 6. The van der Waals surface area contributed by atoms with Crippen LogP contribution in [0.25, 0.3) is 76.6 Å². The molecule has 0 aliphatic heterocycles. The van der Waals surface area contributed by atoms with Crippen molar-refractivity contribution >= 4 is 31.5 Å². The van der Waals surface area contributed by atoms with Gasteiger partial charge in [-0.05, 0) is 50.9 Å². The summed E-state index contributed by atoms with van der Waals surface area (Å²) >= 11 is 1.94. The van der Waals surface area contributed by atoms with Gasteiger partial charge in [0.1, 0.15) is 0 Å². The van der Waals surface area contributed by atoms with Crippen molar-refractivity contribution in [3.05, 3.63) is 151 Å². The van der Waals surface area contributed by atoms with E-state index >= 15 is 0 Å². The van der Waals surface area contributed by atoms with Gasteiger partial charge in [0.2, 0.25) is 0 Å². The number of hydrogen-bond acceptors (Lipinski definition) is 4. The summed E-state index contributed by atoms with van der Waals surface area (Å²) in [5.41, 5.74) is 10.7. The lowest BCUT2D eigenvalue weighted by atomic mass is 9.55. The molecule has 2 heterocycles. The molecule has 0 atom stereocenters. The van der Waals surface area contributed by atoms with E-state index in [-0.39, 0.29) is 10.8 Å². The van der Waals surface area contributed by atoms with Crippen LogP contribution in [0.3, 0.4) is 0 Å². The van der Waals surface area contributed by atoms with Gasteiger partial charge >= 0.3 is 0 Å². The first kappa shape index (κ1) is 29.7. The Balaban J connectivity index is 1.13. The molecule has 1 aliphatic carbocycles. The van der Waals surface area contributed by atoms with Crippen molar-refractivity contribution in [3.8, 4) is 56.4 Å². The van der Waals surface area contributed by atoms with Crippen LogP contribution in [0.4, 0.5) is 0 Å². The average Bonchev–Trinajstić information content (AvgIpc) is 3.53. The van der Waals surface area contributed by atoms with Gasteiger partial charge in [0.05, 0.1) is 0 Å². The first-order valence-electron chi connectivity index (χ1n) is 16.9. The number of nitrogens with zero attached hydrogens (tertiary/aromatic N) is 3. The third-order valence-electron chi connectivity index (χ3n) is 10.9. The van der Waals surface area contributed by atoms with E-state index in [1.807, 2.05) is 72.0 Å². The van der Waals surface area contributed by atoms with Crippen molar-refractivity contribution in [3.63, 3.8) is 0 Å². The Morgan fingerprint density at radius 2 is 0.939 bits per heavy atom. The van der Waals surface area contributed by atoms with Gasteiger partial charge in [-0.2, -0.15) is 0 Å². The third kappa shape index (κ3) is 4.66. The lowest BCUT2D eigenvalue weighted by molar-refractivity contribution is 0.302. The molecule has 1 aliphatic rings. The van der Waals surface area contributed by atoms with Crippen LogP contribution in [0.15, 0.2) is 140 Å². The van der Waals surface area contributed by atoms with Crippen molar-refractivity contribution < 1.29 is 0 Å². The van der Waals surface area contributed by atoms with E-state index in [1.54, 1.807) is 0 Å². The Labute approximate surface area is 291 Å². The van der Waals surface area contributed by atoms with Gasteiger partial charge in [-0.15, -0.1) is 11.3 Å². The summed E-state index contributed by atoms with van der Waals surface area (Å²) in [4.78, 5) is 14.7. The van der Waals surface area contributed by atoms with Crippen molar-refractivity contribution in [2.45, 2.75) is 38.5 Å². The van der Waals surface area contributed by atoms with E-state index < -0.39 is 0 Å². The fourth-order valence-electron chi connectivity index (χ4n) is 7.51. The molecule has 3 nitrogen and oxygen atoms in total. The maximum Gasteiger partial charge on any atom is 0.164 e. The second-order valence-electron chi connectivity index (χ2n) is 14.1. The summed E-state index contributed by atoms with van der Waals surface area (Å²) in [5.74, 6) is 2.00. The smallest absolute Gasteiger partial charge is 0.164 e. The highest BCUT2D eigenvalue weighted by Crippen LogP contribution is 2.57. The minimum absolute atomic E-state index is 0.0796. The summed E-state index contributed by atoms with van der Waals surface area (Å²) < 4.78 is 2.78. The fraction of sp³-hybridized carbons (Fsp3) is 0.133. The maximum atomic E-state index is 4.93. The second-order valence-corrected chi connectivity index (χ2v) is 15.1. The summed E-state index contributed by atoms with van der Waals surface area (Å²) in [6, 6.07) is 49.5. The molecule has 236 valence electrons. The lowest BCUT2D eigenvalue weighted by Gasteiger charge is -2.48. The molecular formula is C45H35N3S. The van der Waals surface area contributed by atoms with Crippen LogP contribution in [0.1, 0.15) is 38.8 Å². The van der Waals surface area contributed by atoms with Crippen molar-refractivity contribution in [2.75, 3.05) is 0 Å². The zero-order valence-corrected chi connectivity index (χ0v) is 28.8. The fourth-order valence-corrected chi connectivity index (χ4v) is 8.92. The number of hydrogen-bond donors (Lipinski definition) is 0. The van der Waals surface area contributed by atoms with E-state index in [2.05, 4.69) is 107 Å². The molecular weight excluding hydrogens is 615 g/mol. The highest BCUT2D eigenvalue weighted by atomic mass is 32.1. The molecule has 2 aromatic heterocycles. The standard InChI is InChI=1S/C45H35N3S/c1-44(2)37-27-32(23-24-33(37)35-25-26-36-34-17-11-12-18-38(34)49-40(36)39(35)45(44,3)4)28-19-21-31(22-20-28)43-47-41(29-13-7-5-8-14-29)46-42(48-43)30-15-9-6-10-16-30/h5-27H,1-4H3. The van der Waals surface area contributed by atoms with E-state index in [1.165, 1.54) is 53.6 Å². The molecule has 0 spiro atoms. The summed E-state index contributed by atoms with van der Waals surface area (Å²) in [7, 11) is 0. The first-order valence-corrected chi connectivity index (χ1v) is 17.7. The van der Waals surface area contributed by atoms with Gasteiger partial charge in [0, 0.05) is 42.3 Å². The SMILES string of the molecule is CC1(C)c2cc(-c3ccc(-c4nc(-c5ccccc5)nc(-c5ccccc5)n4)cc3)ccc2-c2ccc3c(sc4ccccc43)c2C1(C)C. The third-order valence-corrected chi connectivity index (χ3v) is 12.1. The predicted molar refractivity (Wildman–Crippen MR) is 206 cm³/mol. The Bertz CT molecular complexity index is 2470. The van der Waals surface area contributed by atoms with Crippen LogP contribution in [0, 0.1) is 0 Å². The summed E-state index contributed by atoms with van der Waals surface area (Å²) in [5, 5.41) is 2.72. The molecule has 6 aromatic carbocycles. The average molecular weight is 650 g/mol. The van der Waals surface area contributed by atoms with Crippen LogP contribution in [-0.2, 0) is 10.8 Å². The predicted octanol–water partition coefficient (Wildman–Crippen LogP) is 12.1. The highest BCUT2D eigenvalue weighted by Gasteiger charge is 2.47. The van der Waals surface area contributed by atoms with Crippen LogP contribution in [0.2, 0.25) is 0 Å². The van der Waals surface area contributed by atoms with Crippen molar-refractivity contribution in [2.24, 2.45) is 0 Å². The number of fused-ring (bicyclic) bond motifs is 7.